The van der Waals surface area contributed by atoms with E-state index in [-0.39, 0.29) is 0 Å². The van der Waals surface area contributed by atoms with Gasteiger partial charge in [-0.05, 0) is 18.9 Å². The van der Waals surface area contributed by atoms with Gasteiger partial charge in [-0.25, -0.2) is 4.98 Å². The van der Waals surface area contributed by atoms with Crippen molar-refractivity contribution in [2.45, 2.75) is 33.2 Å². The van der Waals surface area contributed by atoms with Gasteiger partial charge in [-0.15, -0.1) is 0 Å². The summed E-state index contributed by atoms with van der Waals surface area (Å²) >= 11 is 0. The Labute approximate surface area is 98.9 Å². The number of pyridine rings is 1. The molecule has 1 aromatic heterocycles. The van der Waals surface area contributed by atoms with E-state index in [9.17, 15) is 0 Å². The number of hydrogen-bond acceptors (Lipinski definition) is 3. The van der Waals surface area contributed by atoms with Gasteiger partial charge >= 0.3 is 0 Å². The minimum absolute atomic E-state index is 0.454. The van der Waals surface area contributed by atoms with Gasteiger partial charge in [0, 0.05) is 38.1 Å². The lowest BCUT2D eigenvalue weighted by atomic mass is 10.0. The molecule has 0 fully saturated rings. The van der Waals surface area contributed by atoms with E-state index in [1.54, 1.807) is 0 Å². The molecule has 0 aromatic carbocycles. The molecule has 1 aromatic rings. The van der Waals surface area contributed by atoms with Crippen LogP contribution in [0.3, 0.4) is 0 Å². The van der Waals surface area contributed by atoms with Crippen molar-refractivity contribution in [1.29, 1.82) is 0 Å². The predicted molar refractivity (Wildman–Crippen MR) is 71.1 cm³/mol. The number of nitrogens with one attached hydrogen (secondary N) is 1. The van der Waals surface area contributed by atoms with Crippen molar-refractivity contribution in [3.8, 4) is 0 Å². The molecule has 1 heterocycles. The van der Waals surface area contributed by atoms with Crippen LogP contribution in [0, 0.1) is 5.92 Å². The summed E-state index contributed by atoms with van der Waals surface area (Å²) < 4.78 is 0. The van der Waals surface area contributed by atoms with E-state index in [1.807, 2.05) is 26.4 Å². The minimum atomic E-state index is 0.454. The van der Waals surface area contributed by atoms with Crippen molar-refractivity contribution in [3.63, 3.8) is 0 Å². The zero-order valence-electron chi connectivity index (χ0n) is 11.0. The minimum Gasteiger partial charge on any atom is -0.378 e. The molecule has 0 aliphatic carbocycles. The smallest absolute Gasteiger partial charge is 0.128 e. The Kier molecular flexibility index (Phi) is 4.59. The van der Waals surface area contributed by atoms with E-state index in [2.05, 4.69) is 42.0 Å². The molecule has 16 heavy (non-hydrogen) atoms. The third kappa shape index (κ3) is 3.40. The Morgan fingerprint density at radius 3 is 2.62 bits per heavy atom. The van der Waals surface area contributed by atoms with Crippen LogP contribution in [0.15, 0.2) is 18.3 Å². The number of anilines is 2. The number of hydrogen-bond donors (Lipinski definition) is 1. The first kappa shape index (κ1) is 12.8. The maximum absolute atomic E-state index is 4.34. The summed E-state index contributed by atoms with van der Waals surface area (Å²) in [5, 5.41) is 3.45. The Bertz CT molecular complexity index is 323. The third-order valence-corrected chi connectivity index (χ3v) is 3.13. The quantitative estimate of drug-likeness (QED) is 0.828. The van der Waals surface area contributed by atoms with Gasteiger partial charge in [0.15, 0.2) is 0 Å². The molecule has 0 saturated heterocycles. The van der Waals surface area contributed by atoms with Crippen molar-refractivity contribution >= 4 is 11.5 Å². The molecule has 0 amide bonds. The van der Waals surface area contributed by atoms with Gasteiger partial charge in [0.05, 0.1) is 0 Å². The second-order valence-electron chi connectivity index (χ2n) is 4.61. The molecule has 2 unspecified atom stereocenters. The van der Waals surface area contributed by atoms with Gasteiger partial charge in [-0.2, -0.15) is 0 Å². The van der Waals surface area contributed by atoms with E-state index < -0.39 is 0 Å². The Balaban J connectivity index is 2.70. The zero-order valence-corrected chi connectivity index (χ0v) is 11.0. The first-order valence-corrected chi connectivity index (χ1v) is 5.94. The van der Waals surface area contributed by atoms with Gasteiger partial charge in [-0.1, -0.05) is 20.3 Å². The summed E-state index contributed by atoms with van der Waals surface area (Å²) in [4.78, 5) is 6.42. The molecule has 0 aliphatic heterocycles. The largest absolute Gasteiger partial charge is 0.378 e. The maximum atomic E-state index is 4.34. The average Bonchev–Trinajstić information content (AvgIpc) is 2.28. The summed E-state index contributed by atoms with van der Waals surface area (Å²) in [5.74, 6) is 1.61. The summed E-state index contributed by atoms with van der Waals surface area (Å²) in [7, 11) is 4.08. The monoisotopic (exact) mass is 221 g/mol. The van der Waals surface area contributed by atoms with Crippen molar-refractivity contribution in [1.82, 2.24) is 4.98 Å². The fourth-order valence-electron chi connectivity index (χ4n) is 1.51. The molecular formula is C13H23N3. The highest BCUT2D eigenvalue weighted by molar-refractivity contribution is 5.53. The van der Waals surface area contributed by atoms with Crippen molar-refractivity contribution in [2.24, 2.45) is 5.92 Å². The van der Waals surface area contributed by atoms with Gasteiger partial charge in [0.2, 0.25) is 0 Å². The van der Waals surface area contributed by atoms with Gasteiger partial charge < -0.3 is 10.2 Å². The molecular weight excluding hydrogens is 198 g/mol. The first-order valence-electron chi connectivity index (χ1n) is 5.94. The third-order valence-electron chi connectivity index (χ3n) is 3.13. The zero-order chi connectivity index (χ0) is 12.1. The lowest BCUT2D eigenvalue weighted by Gasteiger charge is -2.21. The van der Waals surface area contributed by atoms with Crippen LogP contribution in [0.5, 0.6) is 0 Å². The normalized spacial score (nSPS) is 14.3. The molecule has 1 rings (SSSR count). The fourth-order valence-corrected chi connectivity index (χ4v) is 1.51. The average molecular weight is 221 g/mol. The lowest BCUT2D eigenvalue weighted by Crippen LogP contribution is -2.23. The topological polar surface area (TPSA) is 28.2 Å². The molecule has 0 saturated carbocycles. The van der Waals surface area contributed by atoms with Crippen LogP contribution in [-0.4, -0.2) is 25.1 Å². The van der Waals surface area contributed by atoms with E-state index in [0.717, 1.165) is 5.82 Å². The highest BCUT2D eigenvalue weighted by Gasteiger charge is 2.10. The van der Waals surface area contributed by atoms with Gasteiger partial charge in [0.1, 0.15) is 5.82 Å². The van der Waals surface area contributed by atoms with E-state index in [4.69, 9.17) is 0 Å². The Hall–Kier alpha value is -1.25. The molecule has 2 atom stereocenters. The molecule has 3 nitrogen and oxygen atoms in total. The van der Waals surface area contributed by atoms with Crippen molar-refractivity contribution in [2.75, 3.05) is 24.3 Å². The van der Waals surface area contributed by atoms with Crippen LogP contribution in [0.1, 0.15) is 27.2 Å². The highest BCUT2D eigenvalue weighted by atomic mass is 15.1. The standard InChI is InChI=1S/C13H23N3/c1-6-10(2)11(3)15-13-9-12(16(4)5)7-8-14-13/h7-11H,6H2,1-5H3,(H,14,15). The predicted octanol–water partition coefficient (Wildman–Crippen LogP) is 2.99. The van der Waals surface area contributed by atoms with Crippen LogP contribution in [0.2, 0.25) is 0 Å². The SMILES string of the molecule is CCC(C)C(C)Nc1cc(N(C)C)ccn1. The van der Waals surface area contributed by atoms with Crippen molar-refractivity contribution in [3.05, 3.63) is 18.3 Å². The maximum Gasteiger partial charge on any atom is 0.128 e. The van der Waals surface area contributed by atoms with Crippen molar-refractivity contribution < 1.29 is 0 Å². The summed E-state index contributed by atoms with van der Waals surface area (Å²) in [6.07, 6.45) is 3.03. The summed E-state index contributed by atoms with van der Waals surface area (Å²) in [6.45, 7) is 6.68. The van der Waals surface area contributed by atoms with E-state index in [1.165, 1.54) is 12.1 Å². The van der Waals surface area contributed by atoms with E-state index in [0.29, 0.717) is 12.0 Å². The molecule has 90 valence electrons. The molecule has 0 aliphatic rings. The molecule has 3 heteroatoms. The molecule has 0 bridgehead atoms. The van der Waals surface area contributed by atoms with Crippen LogP contribution in [0.25, 0.3) is 0 Å². The number of nitrogens with zero attached hydrogens (tertiary/aromatic N) is 2. The molecule has 0 spiro atoms. The molecule has 0 radical (unpaired) electrons. The first-order chi connectivity index (χ1) is 7.54. The van der Waals surface area contributed by atoms with E-state index >= 15 is 0 Å². The van der Waals surface area contributed by atoms with Crippen LogP contribution < -0.4 is 10.2 Å². The van der Waals surface area contributed by atoms with Crippen LogP contribution in [0.4, 0.5) is 11.5 Å². The number of rotatable bonds is 5. The van der Waals surface area contributed by atoms with Gasteiger partial charge in [-0.3, -0.25) is 0 Å². The fraction of sp³-hybridized carbons (Fsp3) is 0.615. The number of aromatic nitrogens is 1. The van der Waals surface area contributed by atoms with Crippen LogP contribution >= 0.6 is 0 Å². The Morgan fingerprint density at radius 2 is 2.06 bits per heavy atom. The highest BCUT2D eigenvalue weighted by Crippen LogP contribution is 2.17. The second kappa shape index (κ2) is 5.73. The lowest BCUT2D eigenvalue weighted by molar-refractivity contribution is 0.493. The summed E-state index contributed by atoms with van der Waals surface area (Å²) in [6, 6.07) is 4.55. The van der Waals surface area contributed by atoms with Gasteiger partial charge in [0.25, 0.3) is 0 Å². The second-order valence-corrected chi connectivity index (χ2v) is 4.61. The summed E-state index contributed by atoms with van der Waals surface area (Å²) in [5.41, 5.74) is 1.17. The Morgan fingerprint density at radius 1 is 1.38 bits per heavy atom. The van der Waals surface area contributed by atoms with Crippen LogP contribution in [-0.2, 0) is 0 Å². The molecule has 1 N–H and O–H groups in total.